The highest BCUT2D eigenvalue weighted by Gasteiger charge is 2.30. The molecule has 0 N–H and O–H groups in total. The molecule has 1 aliphatic heterocycles. The van der Waals surface area contributed by atoms with Gasteiger partial charge in [-0.25, -0.2) is 13.4 Å². The number of sulfonamides is 1. The van der Waals surface area contributed by atoms with Crippen molar-refractivity contribution in [2.45, 2.75) is 30.6 Å². The lowest BCUT2D eigenvalue weighted by atomic mass is 9.92. The minimum absolute atomic E-state index is 0.439. The molecule has 3 aromatic rings. The zero-order valence-corrected chi connectivity index (χ0v) is 17.5. The zero-order chi connectivity index (χ0) is 20.0. The summed E-state index contributed by atoms with van der Waals surface area (Å²) in [7, 11) is -1.44. The van der Waals surface area contributed by atoms with E-state index < -0.39 is 10.0 Å². The maximum atomic E-state index is 13.2. The number of aryl methyl sites for hydroxylation is 3. The van der Waals surface area contributed by atoms with Crippen molar-refractivity contribution >= 4 is 27.0 Å². The molecule has 0 saturated carbocycles. The Hall–Kier alpha value is -2.38. The van der Waals surface area contributed by atoms with E-state index >= 15 is 0 Å². The molecule has 0 radical (unpaired) electrons. The van der Waals surface area contributed by atoms with Gasteiger partial charge in [0.15, 0.2) is 0 Å². The van der Waals surface area contributed by atoms with Gasteiger partial charge in [-0.3, -0.25) is 0 Å². The first-order valence-electron chi connectivity index (χ1n) is 10.3. The normalized spacial score (nSPS) is 18.2. The molecule has 2 aliphatic rings. The van der Waals surface area contributed by atoms with Crippen molar-refractivity contribution in [3.8, 4) is 0 Å². The number of fused-ring (bicyclic) bond motifs is 2. The molecule has 2 heterocycles. The number of aromatic nitrogens is 2. The molecular weight excluding hydrogens is 384 g/mol. The van der Waals surface area contributed by atoms with Crippen LogP contribution in [0.1, 0.15) is 24.0 Å². The topological polar surface area (TPSA) is 58.4 Å². The van der Waals surface area contributed by atoms with Crippen LogP contribution in [-0.2, 0) is 29.9 Å². The van der Waals surface area contributed by atoms with Crippen LogP contribution in [0.5, 0.6) is 0 Å². The second kappa shape index (κ2) is 7.15. The van der Waals surface area contributed by atoms with Gasteiger partial charge in [0.05, 0.1) is 15.9 Å². The summed E-state index contributed by atoms with van der Waals surface area (Å²) in [5.41, 5.74) is 4.57. The van der Waals surface area contributed by atoms with Crippen LogP contribution in [0.2, 0.25) is 0 Å². The Morgan fingerprint density at radius 1 is 0.897 bits per heavy atom. The van der Waals surface area contributed by atoms with Crippen molar-refractivity contribution in [2.75, 3.05) is 31.1 Å². The monoisotopic (exact) mass is 410 g/mol. The molecule has 1 aliphatic carbocycles. The van der Waals surface area contributed by atoms with E-state index in [0.29, 0.717) is 31.1 Å². The summed E-state index contributed by atoms with van der Waals surface area (Å²) in [4.78, 5) is 7.37. The van der Waals surface area contributed by atoms with Crippen molar-refractivity contribution in [1.82, 2.24) is 13.9 Å². The summed E-state index contributed by atoms with van der Waals surface area (Å²) < 4.78 is 30.1. The third-order valence-electron chi connectivity index (χ3n) is 6.24. The van der Waals surface area contributed by atoms with Crippen molar-refractivity contribution < 1.29 is 8.42 Å². The maximum absolute atomic E-state index is 13.2. The molecule has 0 amide bonds. The lowest BCUT2D eigenvalue weighted by Crippen LogP contribution is -2.49. The fourth-order valence-corrected chi connectivity index (χ4v) is 6.04. The van der Waals surface area contributed by atoms with Crippen LogP contribution in [-0.4, -0.2) is 48.5 Å². The number of imidazole rings is 1. The number of nitrogens with zero attached hydrogens (tertiary/aromatic N) is 4. The van der Waals surface area contributed by atoms with Gasteiger partial charge in [0.1, 0.15) is 0 Å². The Bertz CT molecular complexity index is 1160. The number of anilines is 1. The molecule has 6 nitrogen and oxygen atoms in total. The molecule has 152 valence electrons. The Morgan fingerprint density at radius 2 is 1.62 bits per heavy atom. The molecule has 29 heavy (non-hydrogen) atoms. The standard InChI is InChI=1S/C22H26N4O2S/c1-24-21-9-5-4-8-20(21)23-22(24)25-12-14-26(15-13-25)29(27,28)19-11-10-17-6-2-3-7-18(17)16-19/h4-5,8-11,16H,2-3,6-7,12-15H2,1H3. The summed E-state index contributed by atoms with van der Waals surface area (Å²) in [6.07, 6.45) is 4.39. The second-order valence-corrected chi connectivity index (χ2v) is 9.93. The number of piperazine rings is 1. The van der Waals surface area contributed by atoms with Gasteiger partial charge in [0, 0.05) is 33.2 Å². The van der Waals surface area contributed by atoms with E-state index in [4.69, 9.17) is 4.98 Å². The highest BCUT2D eigenvalue weighted by molar-refractivity contribution is 7.89. The SMILES string of the molecule is Cn1c(N2CCN(S(=O)(=O)c3ccc4c(c3)CCCC4)CC2)nc2ccccc21. The van der Waals surface area contributed by atoms with Crippen LogP contribution in [0.15, 0.2) is 47.4 Å². The Morgan fingerprint density at radius 3 is 2.38 bits per heavy atom. The maximum Gasteiger partial charge on any atom is 0.243 e. The van der Waals surface area contributed by atoms with Crippen molar-refractivity contribution in [3.05, 3.63) is 53.6 Å². The fourth-order valence-electron chi connectivity index (χ4n) is 4.56. The van der Waals surface area contributed by atoms with E-state index in [-0.39, 0.29) is 0 Å². The molecule has 1 saturated heterocycles. The van der Waals surface area contributed by atoms with Crippen molar-refractivity contribution in [1.29, 1.82) is 0 Å². The van der Waals surface area contributed by atoms with E-state index in [1.807, 2.05) is 37.4 Å². The minimum Gasteiger partial charge on any atom is -0.340 e. The molecule has 2 aromatic carbocycles. The highest BCUT2D eigenvalue weighted by Crippen LogP contribution is 2.27. The van der Waals surface area contributed by atoms with Crippen molar-refractivity contribution in [3.63, 3.8) is 0 Å². The summed E-state index contributed by atoms with van der Waals surface area (Å²) in [6, 6.07) is 13.8. The Kier molecular flexibility index (Phi) is 4.59. The lowest BCUT2D eigenvalue weighted by Gasteiger charge is -2.34. The van der Waals surface area contributed by atoms with Crippen LogP contribution in [0.4, 0.5) is 5.95 Å². The molecule has 1 fully saturated rings. The number of rotatable bonds is 3. The molecule has 0 unspecified atom stereocenters. The van der Waals surface area contributed by atoms with Gasteiger partial charge in [-0.05, 0) is 61.1 Å². The fraction of sp³-hybridized carbons (Fsp3) is 0.409. The third-order valence-corrected chi connectivity index (χ3v) is 8.14. The highest BCUT2D eigenvalue weighted by atomic mass is 32.2. The van der Waals surface area contributed by atoms with E-state index in [0.717, 1.165) is 36.2 Å². The summed E-state index contributed by atoms with van der Waals surface area (Å²) in [5.74, 6) is 0.900. The van der Waals surface area contributed by atoms with Gasteiger partial charge in [-0.1, -0.05) is 18.2 Å². The largest absolute Gasteiger partial charge is 0.340 e. The molecule has 0 spiro atoms. The number of benzene rings is 2. The first-order chi connectivity index (χ1) is 14.0. The van der Waals surface area contributed by atoms with E-state index in [9.17, 15) is 8.42 Å². The van der Waals surface area contributed by atoms with Gasteiger partial charge in [-0.15, -0.1) is 0 Å². The van der Waals surface area contributed by atoms with Gasteiger partial charge < -0.3 is 9.47 Å². The molecule has 0 bridgehead atoms. The molecule has 1 aromatic heterocycles. The average molecular weight is 411 g/mol. The minimum atomic E-state index is -3.46. The van der Waals surface area contributed by atoms with Crippen LogP contribution in [0, 0.1) is 0 Å². The lowest BCUT2D eigenvalue weighted by molar-refractivity contribution is 0.381. The average Bonchev–Trinajstić information content (AvgIpc) is 3.10. The smallest absolute Gasteiger partial charge is 0.243 e. The van der Waals surface area contributed by atoms with Crippen LogP contribution < -0.4 is 4.90 Å². The van der Waals surface area contributed by atoms with E-state index in [1.54, 1.807) is 10.4 Å². The van der Waals surface area contributed by atoms with Gasteiger partial charge >= 0.3 is 0 Å². The number of hydrogen-bond acceptors (Lipinski definition) is 4. The Labute approximate surface area is 171 Å². The summed E-state index contributed by atoms with van der Waals surface area (Å²) in [6.45, 7) is 2.23. The van der Waals surface area contributed by atoms with Gasteiger partial charge in [0.25, 0.3) is 0 Å². The van der Waals surface area contributed by atoms with Crippen LogP contribution >= 0.6 is 0 Å². The second-order valence-electron chi connectivity index (χ2n) is 7.99. The van der Waals surface area contributed by atoms with Gasteiger partial charge in [-0.2, -0.15) is 4.31 Å². The predicted molar refractivity (Wildman–Crippen MR) is 115 cm³/mol. The molecule has 0 atom stereocenters. The molecule has 7 heteroatoms. The third kappa shape index (κ3) is 3.22. The quantitative estimate of drug-likeness (QED) is 0.666. The van der Waals surface area contributed by atoms with Crippen LogP contribution in [0.3, 0.4) is 0 Å². The first-order valence-corrected chi connectivity index (χ1v) is 11.8. The Balaban J connectivity index is 1.35. The van der Waals surface area contributed by atoms with E-state index in [1.165, 1.54) is 17.5 Å². The van der Waals surface area contributed by atoms with E-state index in [2.05, 4.69) is 15.5 Å². The van der Waals surface area contributed by atoms with Crippen LogP contribution in [0.25, 0.3) is 11.0 Å². The molecule has 5 rings (SSSR count). The van der Waals surface area contributed by atoms with Crippen molar-refractivity contribution in [2.24, 2.45) is 7.05 Å². The number of para-hydroxylation sites is 2. The number of hydrogen-bond donors (Lipinski definition) is 0. The van der Waals surface area contributed by atoms with Gasteiger partial charge in [0.2, 0.25) is 16.0 Å². The zero-order valence-electron chi connectivity index (χ0n) is 16.7. The first kappa shape index (κ1) is 18.6. The summed E-state index contributed by atoms with van der Waals surface area (Å²) >= 11 is 0. The predicted octanol–water partition coefficient (Wildman–Crippen LogP) is 2.96. The molecular formula is C22H26N4O2S. The summed E-state index contributed by atoms with van der Waals surface area (Å²) in [5, 5.41) is 0.